The molecule has 0 spiro atoms. The lowest BCUT2D eigenvalue weighted by Gasteiger charge is -2.31. The van der Waals surface area contributed by atoms with E-state index in [4.69, 9.17) is 23.2 Å². The Balaban J connectivity index is 1.40. The highest BCUT2D eigenvalue weighted by atomic mass is 35.5. The smallest absolute Gasteiger partial charge is 0.230 e. The molecule has 1 aliphatic heterocycles. The van der Waals surface area contributed by atoms with Crippen LogP contribution in [0.2, 0.25) is 10.0 Å². The molecule has 32 heavy (non-hydrogen) atoms. The number of anilines is 1. The number of nitrogens with one attached hydrogen (secondary N) is 1. The fourth-order valence-corrected chi connectivity index (χ4v) is 6.19. The molecule has 0 aliphatic carbocycles. The van der Waals surface area contributed by atoms with E-state index < -0.39 is 15.9 Å². The second-order valence-electron chi connectivity index (χ2n) is 7.47. The molecule has 2 aromatic carbocycles. The van der Waals surface area contributed by atoms with Crippen molar-refractivity contribution in [2.45, 2.75) is 18.6 Å². The zero-order chi connectivity index (χ0) is 22.7. The van der Waals surface area contributed by atoms with Crippen LogP contribution in [0.3, 0.4) is 0 Å². The average molecular weight is 511 g/mol. The SMILES string of the molecule is O=C(Nc1nnc(-c2ccccc2)s1)[C@H]1CCCN(S(=O)(=O)Cc2ccc(Cl)c(Cl)c2)C1. The molecule has 1 atom stereocenters. The van der Waals surface area contributed by atoms with E-state index in [2.05, 4.69) is 15.5 Å². The number of amides is 1. The standard InChI is InChI=1S/C21H20Cl2N4O3S2/c22-17-9-8-14(11-18(17)23)13-32(29,30)27-10-4-7-16(12-27)19(28)24-21-26-25-20(31-21)15-5-2-1-3-6-15/h1-3,5-6,8-9,11,16H,4,7,10,12-13H2,(H,24,26,28)/t16-/m0/s1. The van der Waals surface area contributed by atoms with E-state index in [9.17, 15) is 13.2 Å². The number of sulfonamides is 1. The van der Waals surface area contributed by atoms with Crippen molar-refractivity contribution < 1.29 is 13.2 Å². The summed E-state index contributed by atoms with van der Waals surface area (Å²) in [4.78, 5) is 12.8. The van der Waals surface area contributed by atoms with Crippen molar-refractivity contribution in [2.24, 2.45) is 5.92 Å². The van der Waals surface area contributed by atoms with Crippen LogP contribution in [0.4, 0.5) is 5.13 Å². The average Bonchev–Trinajstić information content (AvgIpc) is 3.25. The number of hydrogen-bond donors (Lipinski definition) is 1. The summed E-state index contributed by atoms with van der Waals surface area (Å²) < 4.78 is 27.2. The van der Waals surface area contributed by atoms with Gasteiger partial charge in [0.1, 0.15) is 5.01 Å². The van der Waals surface area contributed by atoms with Crippen LogP contribution in [0.15, 0.2) is 48.5 Å². The first-order chi connectivity index (χ1) is 15.3. The Morgan fingerprint density at radius 2 is 1.91 bits per heavy atom. The Labute approximate surface area is 200 Å². The van der Waals surface area contributed by atoms with E-state index in [0.29, 0.717) is 45.1 Å². The number of carbonyl (C=O) groups is 1. The molecule has 0 saturated carbocycles. The molecule has 3 aromatic rings. The maximum Gasteiger partial charge on any atom is 0.230 e. The summed E-state index contributed by atoms with van der Waals surface area (Å²) in [5, 5.41) is 12.7. The maximum atomic E-state index is 12.9. The molecule has 168 valence electrons. The molecule has 0 bridgehead atoms. The highest BCUT2D eigenvalue weighted by molar-refractivity contribution is 7.88. The first-order valence-corrected chi connectivity index (χ1v) is 13.1. The third-order valence-electron chi connectivity index (χ3n) is 5.16. The Kier molecular flexibility index (Phi) is 7.11. The first-order valence-electron chi connectivity index (χ1n) is 9.93. The minimum Gasteiger partial charge on any atom is -0.300 e. The molecule has 0 radical (unpaired) electrons. The van der Waals surface area contributed by atoms with E-state index in [-0.39, 0.29) is 18.2 Å². The molecule has 1 fully saturated rings. The number of hydrogen-bond acceptors (Lipinski definition) is 6. The van der Waals surface area contributed by atoms with Crippen molar-refractivity contribution in [2.75, 3.05) is 18.4 Å². The van der Waals surface area contributed by atoms with Crippen molar-refractivity contribution in [3.8, 4) is 10.6 Å². The van der Waals surface area contributed by atoms with Gasteiger partial charge in [-0.1, -0.05) is 70.9 Å². The Hall–Kier alpha value is -2.04. The van der Waals surface area contributed by atoms with Gasteiger partial charge in [0.05, 0.1) is 21.7 Å². The van der Waals surface area contributed by atoms with E-state index >= 15 is 0 Å². The molecular formula is C21H20Cl2N4O3S2. The van der Waals surface area contributed by atoms with Gasteiger partial charge in [-0.05, 0) is 30.5 Å². The van der Waals surface area contributed by atoms with Gasteiger partial charge >= 0.3 is 0 Å². The second kappa shape index (κ2) is 9.84. The summed E-state index contributed by atoms with van der Waals surface area (Å²) in [5.41, 5.74) is 1.47. The minimum atomic E-state index is -3.61. The molecular weight excluding hydrogens is 491 g/mol. The first kappa shape index (κ1) is 23.1. The predicted octanol–water partition coefficient (Wildman–Crippen LogP) is 4.69. The lowest BCUT2D eigenvalue weighted by molar-refractivity contribution is -0.120. The third kappa shape index (κ3) is 5.47. The molecule has 1 saturated heterocycles. The number of rotatable bonds is 6. The lowest BCUT2D eigenvalue weighted by Crippen LogP contribution is -2.44. The summed E-state index contributed by atoms with van der Waals surface area (Å²) in [6, 6.07) is 14.3. The van der Waals surface area contributed by atoms with Crippen LogP contribution in [0.1, 0.15) is 18.4 Å². The van der Waals surface area contributed by atoms with Crippen LogP contribution in [0, 0.1) is 5.92 Å². The molecule has 11 heteroatoms. The van der Waals surface area contributed by atoms with Crippen molar-refractivity contribution in [1.29, 1.82) is 0 Å². The van der Waals surface area contributed by atoms with Gasteiger partial charge in [-0.25, -0.2) is 12.7 Å². The third-order valence-corrected chi connectivity index (χ3v) is 8.60. The molecule has 1 N–H and O–H groups in total. The molecule has 0 unspecified atom stereocenters. The van der Waals surface area contributed by atoms with Crippen molar-refractivity contribution in [3.63, 3.8) is 0 Å². The van der Waals surface area contributed by atoms with Crippen LogP contribution >= 0.6 is 34.5 Å². The van der Waals surface area contributed by atoms with Gasteiger partial charge < -0.3 is 5.32 Å². The monoisotopic (exact) mass is 510 g/mol. The summed E-state index contributed by atoms with van der Waals surface area (Å²) in [5.74, 6) is -0.915. The van der Waals surface area contributed by atoms with Crippen LogP contribution < -0.4 is 5.32 Å². The quantitative estimate of drug-likeness (QED) is 0.518. The van der Waals surface area contributed by atoms with Crippen LogP contribution in [-0.4, -0.2) is 41.9 Å². The fraction of sp³-hybridized carbons (Fsp3) is 0.286. The number of halogens is 2. The highest BCUT2D eigenvalue weighted by Gasteiger charge is 2.33. The number of piperidine rings is 1. The summed E-state index contributed by atoms with van der Waals surface area (Å²) in [6.45, 7) is 0.504. The summed E-state index contributed by atoms with van der Waals surface area (Å²) >= 11 is 13.2. The zero-order valence-corrected chi connectivity index (χ0v) is 20.0. The van der Waals surface area contributed by atoms with Gasteiger partial charge in [0.15, 0.2) is 0 Å². The highest BCUT2D eigenvalue weighted by Crippen LogP contribution is 2.28. The Morgan fingerprint density at radius 3 is 2.66 bits per heavy atom. The largest absolute Gasteiger partial charge is 0.300 e. The van der Waals surface area contributed by atoms with E-state index in [1.165, 1.54) is 15.6 Å². The van der Waals surface area contributed by atoms with Crippen LogP contribution in [0.25, 0.3) is 10.6 Å². The van der Waals surface area contributed by atoms with E-state index in [0.717, 1.165) is 5.56 Å². The molecule has 7 nitrogen and oxygen atoms in total. The van der Waals surface area contributed by atoms with Crippen molar-refractivity contribution in [1.82, 2.24) is 14.5 Å². The van der Waals surface area contributed by atoms with Gasteiger partial charge in [0, 0.05) is 18.7 Å². The molecule has 1 aromatic heterocycles. The summed E-state index contributed by atoms with van der Waals surface area (Å²) in [6.07, 6.45) is 1.21. The minimum absolute atomic E-state index is 0.125. The lowest BCUT2D eigenvalue weighted by atomic mass is 9.99. The molecule has 1 aliphatic rings. The molecule has 4 rings (SSSR count). The van der Waals surface area contributed by atoms with Crippen LogP contribution in [-0.2, 0) is 20.6 Å². The summed E-state index contributed by atoms with van der Waals surface area (Å²) in [7, 11) is -3.61. The van der Waals surface area contributed by atoms with Gasteiger partial charge in [-0.15, -0.1) is 10.2 Å². The number of carbonyl (C=O) groups excluding carboxylic acids is 1. The van der Waals surface area contributed by atoms with Crippen LogP contribution in [0.5, 0.6) is 0 Å². The fourth-order valence-electron chi connectivity index (χ4n) is 3.52. The van der Waals surface area contributed by atoms with Gasteiger partial charge in [0.25, 0.3) is 0 Å². The number of benzene rings is 2. The van der Waals surface area contributed by atoms with Gasteiger partial charge in [0.2, 0.25) is 21.1 Å². The van der Waals surface area contributed by atoms with Crippen molar-refractivity contribution >= 4 is 55.6 Å². The van der Waals surface area contributed by atoms with Gasteiger partial charge in [-0.3, -0.25) is 4.79 Å². The normalized spacial score (nSPS) is 17.2. The number of aromatic nitrogens is 2. The maximum absolute atomic E-state index is 12.9. The van der Waals surface area contributed by atoms with Crippen molar-refractivity contribution in [3.05, 3.63) is 64.1 Å². The predicted molar refractivity (Wildman–Crippen MR) is 127 cm³/mol. The van der Waals surface area contributed by atoms with Gasteiger partial charge in [-0.2, -0.15) is 0 Å². The Bertz CT molecular complexity index is 1220. The topological polar surface area (TPSA) is 92.3 Å². The zero-order valence-electron chi connectivity index (χ0n) is 16.9. The Morgan fingerprint density at radius 1 is 1.12 bits per heavy atom. The number of nitrogens with zero attached hydrogens (tertiary/aromatic N) is 3. The molecule has 2 heterocycles. The second-order valence-corrected chi connectivity index (χ2v) is 11.2. The molecule has 1 amide bonds. The van der Waals surface area contributed by atoms with E-state index in [1.807, 2.05) is 30.3 Å². The van der Waals surface area contributed by atoms with E-state index in [1.54, 1.807) is 18.2 Å².